The Morgan fingerprint density at radius 2 is 1.73 bits per heavy atom. The number of nitrogens with zero attached hydrogens (tertiary/aromatic N) is 3. The predicted octanol–water partition coefficient (Wildman–Crippen LogP) is 8.84. The van der Waals surface area contributed by atoms with Crippen LogP contribution in [0.1, 0.15) is 71.6 Å². The van der Waals surface area contributed by atoms with E-state index in [1.54, 1.807) is 25.5 Å². The van der Waals surface area contributed by atoms with Gasteiger partial charge in [-0.05, 0) is 42.5 Å². The molecule has 6 nitrogen and oxygen atoms in total. The standard InChI is InChI=1S/C24H24F3N5O.C3H8.2C2H6/c1-5-22(32-17(4)19-9-18(11-29-6-2)12-30-13-19)21(10-28)16(3)15-33-23-8-7-20(14-31-23)24(25,26)27;1-3-2;2*1-2/h5-10,12-14,28-29H,1-2,4,11,15H2,3H3;3H2,1-2H3;2*1-2H3/b21-16-,28-10?,32-22?;;;. The van der Waals surface area contributed by atoms with Crippen LogP contribution in [0.4, 0.5) is 13.2 Å². The van der Waals surface area contributed by atoms with E-state index in [4.69, 9.17) is 10.1 Å². The number of allylic oxidation sites excluding steroid dienone is 2. The fraction of sp³-hybridized carbons (Fsp3) is 0.355. The summed E-state index contributed by atoms with van der Waals surface area (Å²) in [6.07, 6.45) is 5.01. The molecule has 2 rings (SSSR count). The van der Waals surface area contributed by atoms with Crippen molar-refractivity contribution in [2.45, 2.75) is 67.6 Å². The molecular weight excluding hydrogens is 515 g/mol. The third-order valence-electron chi connectivity index (χ3n) is 4.41. The largest absolute Gasteiger partial charge is 0.473 e. The SMILES string of the molecule is C=CNCc1cncc(C(=C)N=C(C=C)/C(C=N)=C(/C)COc2ccc(C(F)(F)F)cn2)c1.CC.CC.CCC. The van der Waals surface area contributed by atoms with E-state index in [9.17, 15) is 13.2 Å². The highest BCUT2D eigenvalue weighted by molar-refractivity contribution is 6.22. The maximum Gasteiger partial charge on any atom is 0.417 e. The molecule has 2 heterocycles. The molecule has 0 saturated heterocycles. The van der Waals surface area contributed by atoms with Gasteiger partial charge in [-0.3, -0.25) is 4.98 Å². The van der Waals surface area contributed by atoms with Crippen LogP contribution in [0.2, 0.25) is 0 Å². The number of nitrogens with one attached hydrogen (secondary N) is 2. The minimum atomic E-state index is -4.47. The van der Waals surface area contributed by atoms with Crippen LogP contribution < -0.4 is 10.1 Å². The van der Waals surface area contributed by atoms with Crippen molar-refractivity contribution in [2.75, 3.05) is 6.61 Å². The summed E-state index contributed by atoms with van der Waals surface area (Å²) in [5.74, 6) is 0.0317. The van der Waals surface area contributed by atoms with Crippen molar-refractivity contribution in [3.63, 3.8) is 0 Å². The van der Waals surface area contributed by atoms with Gasteiger partial charge in [-0.2, -0.15) is 13.2 Å². The van der Waals surface area contributed by atoms with Gasteiger partial charge in [0.1, 0.15) is 6.61 Å². The summed E-state index contributed by atoms with van der Waals surface area (Å²) >= 11 is 0. The van der Waals surface area contributed by atoms with Crippen molar-refractivity contribution in [2.24, 2.45) is 4.99 Å². The molecule has 0 aromatic carbocycles. The fourth-order valence-electron chi connectivity index (χ4n) is 2.67. The Morgan fingerprint density at radius 3 is 2.20 bits per heavy atom. The van der Waals surface area contributed by atoms with Crippen LogP contribution in [-0.4, -0.2) is 28.5 Å². The summed E-state index contributed by atoms with van der Waals surface area (Å²) < 4.78 is 43.5. The van der Waals surface area contributed by atoms with Crippen molar-refractivity contribution in [1.29, 1.82) is 5.41 Å². The van der Waals surface area contributed by atoms with E-state index in [0.29, 0.717) is 40.9 Å². The molecule has 0 amide bonds. The Morgan fingerprint density at radius 1 is 1.10 bits per heavy atom. The molecule has 0 unspecified atom stereocenters. The number of alkyl halides is 3. The lowest BCUT2D eigenvalue weighted by Gasteiger charge is -2.12. The average molecular weight is 560 g/mol. The van der Waals surface area contributed by atoms with E-state index in [0.717, 1.165) is 23.9 Å². The number of hydrogen-bond donors (Lipinski definition) is 2. The van der Waals surface area contributed by atoms with Gasteiger partial charge in [0.2, 0.25) is 5.88 Å². The Labute approximate surface area is 238 Å². The van der Waals surface area contributed by atoms with E-state index in [1.807, 2.05) is 33.8 Å². The molecule has 0 radical (unpaired) electrons. The number of halogens is 3. The third kappa shape index (κ3) is 14.2. The summed E-state index contributed by atoms with van der Waals surface area (Å²) in [6.45, 7) is 25.9. The van der Waals surface area contributed by atoms with Crippen LogP contribution in [0.15, 0.2) is 84.9 Å². The Kier molecular flexibility index (Phi) is 20.9. The van der Waals surface area contributed by atoms with E-state index < -0.39 is 11.7 Å². The van der Waals surface area contributed by atoms with Crippen LogP contribution in [0, 0.1) is 5.41 Å². The van der Waals surface area contributed by atoms with Crippen LogP contribution in [-0.2, 0) is 12.7 Å². The lowest BCUT2D eigenvalue weighted by molar-refractivity contribution is -0.137. The number of rotatable bonds is 11. The third-order valence-corrected chi connectivity index (χ3v) is 4.41. The summed E-state index contributed by atoms with van der Waals surface area (Å²) in [5.41, 5.74) is 2.63. The van der Waals surface area contributed by atoms with Crippen LogP contribution >= 0.6 is 0 Å². The molecule has 2 N–H and O–H groups in total. The fourth-order valence-corrected chi connectivity index (χ4v) is 2.67. The predicted molar refractivity (Wildman–Crippen MR) is 163 cm³/mol. The molecule has 9 heteroatoms. The van der Waals surface area contributed by atoms with Gasteiger partial charge in [-0.15, -0.1) is 0 Å². The second-order valence-corrected chi connectivity index (χ2v) is 7.53. The first kappa shape index (κ1) is 38.1. The van der Waals surface area contributed by atoms with E-state index in [-0.39, 0.29) is 12.5 Å². The molecule has 0 aliphatic rings. The monoisotopic (exact) mass is 559 g/mol. The highest BCUT2D eigenvalue weighted by Crippen LogP contribution is 2.29. The van der Waals surface area contributed by atoms with E-state index in [2.05, 4.69) is 53.9 Å². The first-order chi connectivity index (χ1) is 19.1. The van der Waals surface area contributed by atoms with Crippen molar-refractivity contribution in [3.05, 3.63) is 96.6 Å². The Balaban J connectivity index is 0. The van der Waals surface area contributed by atoms with Gasteiger partial charge >= 0.3 is 6.18 Å². The van der Waals surface area contributed by atoms with Crippen LogP contribution in [0.3, 0.4) is 0 Å². The van der Waals surface area contributed by atoms with Gasteiger partial charge in [0.25, 0.3) is 0 Å². The van der Waals surface area contributed by atoms with Crippen molar-refractivity contribution < 1.29 is 17.9 Å². The molecule has 0 fully saturated rings. The second-order valence-electron chi connectivity index (χ2n) is 7.53. The smallest absolute Gasteiger partial charge is 0.417 e. The quantitative estimate of drug-likeness (QED) is 0.269. The van der Waals surface area contributed by atoms with Crippen molar-refractivity contribution in [3.8, 4) is 5.88 Å². The molecule has 2 aromatic rings. The number of aliphatic imine (C=N–C) groups is 1. The highest BCUT2D eigenvalue weighted by Gasteiger charge is 2.30. The summed E-state index contributed by atoms with van der Waals surface area (Å²) in [7, 11) is 0. The summed E-state index contributed by atoms with van der Waals surface area (Å²) in [4.78, 5) is 12.4. The van der Waals surface area contributed by atoms with Crippen molar-refractivity contribution >= 4 is 17.6 Å². The van der Waals surface area contributed by atoms with Gasteiger partial charge in [0, 0.05) is 48.6 Å². The zero-order valence-corrected chi connectivity index (χ0v) is 24.8. The summed E-state index contributed by atoms with van der Waals surface area (Å²) in [6, 6.07) is 3.92. The molecule has 0 spiro atoms. The van der Waals surface area contributed by atoms with E-state index >= 15 is 0 Å². The van der Waals surface area contributed by atoms with Gasteiger partial charge in [-0.1, -0.05) is 67.7 Å². The number of aromatic nitrogens is 2. The van der Waals surface area contributed by atoms with Crippen LogP contribution in [0.5, 0.6) is 5.88 Å². The normalized spacial score (nSPS) is 11.0. The molecule has 0 saturated carbocycles. The van der Waals surface area contributed by atoms with Crippen molar-refractivity contribution in [1.82, 2.24) is 15.3 Å². The zero-order valence-electron chi connectivity index (χ0n) is 24.8. The first-order valence-corrected chi connectivity index (χ1v) is 13.2. The lowest BCUT2D eigenvalue weighted by Crippen LogP contribution is -2.10. The maximum atomic E-state index is 12.7. The molecule has 2 aromatic heterocycles. The molecule has 0 aliphatic heterocycles. The molecule has 40 heavy (non-hydrogen) atoms. The highest BCUT2D eigenvalue weighted by atomic mass is 19.4. The molecule has 0 aliphatic carbocycles. The molecule has 220 valence electrons. The number of hydrogen-bond acceptors (Lipinski definition) is 6. The number of ether oxygens (including phenoxy) is 1. The Bertz CT molecular complexity index is 1100. The minimum Gasteiger partial charge on any atom is -0.473 e. The molecular formula is C31H44F3N5O. The maximum absolute atomic E-state index is 12.7. The number of pyridine rings is 2. The Hall–Kier alpha value is -4.01. The molecule has 0 bridgehead atoms. The van der Waals surface area contributed by atoms with Gasteiger partial charge < -0.3 is 15.5 Å². The lowest BCUT2D eigenvalue weighted by atomic mass is 10.1. The van der Waals surface area contributed by atoms with Gasteiger partial charge in [-0.25, -0.2) is 9.98 Å². The topological polar surface area (TPSA) is 83.2 Å². The van der Waals surface area contributed by atoms with Gasteiger partial charge in [0.05, 0.1) is 17.0 Å². The van der Waals surface area contributed by atoms with Crippen LogP contribution in [0.25, 0.3) is 5.70 Å². The molecule has 0 atom stereocenters. The second kappa shape index (κ2) is 21.9. The summed E-state index contributed by atoms with van der Waals surface area (Å²) in [5, 5.41) is 10.8. The zero-order chi connectivity index (χ0) is 31.1. The minimum absolute atomic E-state index is 0.00726. The van der Waals surface area contributed by atoms with E-state index in [1.165, 1.54) is 12.5 Å². The average Bonchev–Trinajstić information content (AvgIpc) is 2.97. The first-order valence-electron chi connectivity index (χ1n) is 13.2. The van der Waals surface area contributed by atoms with Gasteiger partial charge in [0.15, 0.2) is 0 Å².